The lowest BCUT2D eigenvalue weighted by Crippen LogP contribution is -2.51. The summed E-state index contributed by atoms with van der Waals surface area (Å²) in [6.45, 7) is 1.88. The van der Waals surface area contributed by atoms with Gasteiger partial charge in [0, 0.05) is 42.2 Å². The fourth-order valence-corrected chi connectivity index (χ4v) is 5.47. The van der Waals surface area contributed by atoms with Crippen molar-refractivity contribution in [1.82, 2.24) is 9.80 Å². The zero-order valence-electron chi connectivity index (χ0n) is 18.3. The molecule has 5 rings (SSSR count). The van der Waals surface area contributed by atoms with Crippen molar-refractivity contribution in [3.05, 3.63) is 40.6 Å². The highest BCUT2D eigenvalue weighted by Crippen LogP contribution is 2.34. The third kappa shape index (κ3) is 4.68. The maximum atomic E-state index is 13.2. The number of fused-ring (bicyclic) bond motifs is 1. The second-order valence-electron chi connectivity index (χ2n) is 8.66. The first kappa shape index (κ1) is 21.8. The Balaban J connectivity index is 1.13. The van der Waals surface area contributed by atoms with Crippen molar-refractivity contribution >= 4 is 34.7 Å². The van der Waals surface area contributed by atoms with Crippen LogP contribution in [0.25, 0.3) is 0 Å². The van der Waals surface area contributed by atoms with Gasteiger partial charge in [0.15, 0.2) is 11.5 Å². The lowest BCUT2D eigenvalue weighted by atomic mass is 9.95. The molecule has 0 radical (unpaired) electrons. The summed E-state index contributed by atoms with van der Waals surface area (Å²) in [5.41, 5.74) is 0.675. The number of benzene rings is 1. The van der Waals surface area contributed by atoms with E-state index in [4.69, 9.17) is 9.47 Å². The fraction of sp³-hybridized carbons (Fsp3) is 0.458. The van der Waals surface area contributed by atoms with Gasteiger partial charge in [-0.2, -0.15) is 0 Å². The van der Waals surface area contributed by atoms with E-state index in [1.54, 1.807) is 34.4 Å². The molecule has 3 aliphatic heterocycles. The molecule has 1 atom stereocenters. The third-order valence-corrected chi connectivity index (χ3v) is 7.46. The van der Waals surface area contributed by atoms with Crippen LogP contribution in [0.2, 0.25) is 0 Å². The van der Waals surface area contributed by atoms with Gasteiger partial charge in [0.2, 0.25) is 24.5 Å². The van der Waals surface area contributed by atoms with Gasteiger partial charge in [0.25, 0.3) is 0 Å². The van der Waals surface area contributed by atoms with Crippen LogP contribution in [0.3, 0.4) is 0 Å². The molecule has 3 amide bonds. The lowest BCUT2D eigenvalue weighted by molar-refractivity contribution is -0.144. The van der Waals surface area contributed by atoms with Gasteiger partial charge in [0.1, 0.15) is 6.04 Å². The number of nitrogens with one attached hydrogen (secondary N) is 1. The number of thiophene rings is 1. The van der Waals surface area contributed by atoms with Crippen LogP contribution in [0.15, 0.2) is 35.7 Å². The Bertz CT molecular complexity index is 1030. The second-order valence-corrected chi connectivity index (χ2v) is 9.69. The van der Waals surface area contributed by atoms with Gasteiger partial charge in [-0.1, -0.05) is 6.07 Å². The maximum Gasteiger partial charge on any atom is 0.245 e. The summed E-state index contributed by atoms with van der Waals surface area (Å²) in [5.74, 6) is 1.14. The van der Waals surface area contributed by atoms with Crippen molar-refractivity contribution in [2.75, 3.05) is 31.7 Å². The van der Waals surface area contributed by atoms with E-state index in [-0.39, 0.29) is 36.5 Å². The number of hydrogen-bond donors (Lipinski definition) is 1. The first-order chi connectivity index (χ1) is 16.1. The predicted octanol–water partition coefficient (Wildman–Crippen LogP) is 2.89. The summed E-state index contributed by atoms with van der Waals surface area (Å²) in [6, 6.07) is 8.86. The number of carbonyl (C=O) groups excluding carboxylic acids is 3. The Morgan fingerprint density at radius 1 is 1.03 bits per heavy atom. The quantitative estimate of drug-likeness (QED) is 0.728. The number of carbonyl (C=O) groups is 3. The standard InChI is InChI=1S/C24H27N3O5S/c28-22(14-18-3-2-12-33-18)27-9-1-4-19(27)24(30)26-10-7-16(8-11-26)23(29)25-17-5-6-20-21(13-17)32-15-31-20/h2-3,5-6,12-13,16,19H,1,4,7-11,14-15H2,(H,25,29). The van der Waals surface area contributed by atoms with Crippen molar-refractivity contribution in [3.8, 4) is 11.5 Å². The van der Waals surface area contributed by atoms with Crippen molar-refractivity contribution in [2.45, 2.75) is 38.1 Å². The van der Waals surface area contributed by atoms with E-state index in [1.165, 1.54) is 0 Å². The molecule has 0 aliphatic carbocycles. The van der Waals surface area contributed by atoms with Crippen LogP contribution in [0, 0.1) is 5.92 Å². The largest absolute Gasteiger partial charge is 0.454 e. The number of piperidine rings is 1. The van der Waals surface area contributed by atoms with E-state index in [2.05, 4.69) is 5.32 Å². The highest BCUT2D eigenvalue weighted by Gasteiger charge is 2.38. The third-order valence-electron chi connectivity index (χ3n) is 6.58. The molecular formula is C24H27N3O5S. The Labute approximate surface area is 196 Å². The number of ether oxygens (including phenoxy) is 2. The molecule has 4 heterocycles. The molecule has 33 heavy (non-hydrogen) atoms. The van der Waals surface area contributed by atoms with E-state index >= 15 is 0 Å². The van der Waals surface area contributed by atoms with Crippen molar-refractivity contribution in [1.29, 1.82) is 0 Å². The average Bonchev–Trinajstić information content (AvgIpc) is 3.59. The number of hydrogen-bond acceptors (Lipinski definition) is 6. The first-order valence-corrected chi connectivity index (χ1v) is 12.3. The first-order valence-electron chi connectivity index (χ1n) is 11.4. The summed E-state index contributed by atoms with van der Waals surface area (Å²) in [7, 11) is 0. The Morgan fingerprint density at radius 2 is 1.85 bits per heavy atom. The minimum atomic E-state index is -0.378. The van der Waals surface area contributed by atoms with E-state index in [9.17, 15) is 14.4 Å². The van der Waals surface area contributed by atoms with Crippen LogP contribution in [0.4, 0.5) is 5.69 Å². The second kappa shape index (κ2) is 9.43. The molecule has 8 nitrogen and oxygen atoms in total. The minimum absolute atomic E-state index is 0.0154. The minimum Gasteiger partial charge on any atom is -0.454 e. The molecule has 3 aliphatic rings. The van der Waals surface area contributed by atoms with Crippen molar-refractivity contribution in [3.63, 3.8) is 0 Å². The van der Waals surface area contributed by atoms with Crippen LogP contribution in [0.1, 0.15) is 30.6 Å². The van der Waals surface area contributed by atoms with Gasteiger partial charge < -0.3 is 24.6 Å². The van der Waals surface area contributed by atoms with Gasteiger partial charge in [-0.15, -0.1) is 11.3 Å². The van der Waals surface area contributed by atoms with Crippen LogP contribution >= 0.6 is 11.3 Å². The topological polar surface area (TPSA) is 88.2 Å². The monoisotopic (exact) mass is 469 g/mol. The highest BCUT2D eigenvalue weighted by atomic mass is 32.1. The molecule has 1 aromatic heterocycles. The Morgan fingerprint density at radius 3 is 2.64 bits per heavy atom. The predicted molar refractivity (Wildman–Crippen MR) is 123 cm³/mol. The van der Waals surface area contributed by atoms with Gasteiger partial charge >= 0.3 is 0 Å². The normalized spacial score (nSPS) is 20.2. The lowest BCUT2D eigenvalue weighted by Gasteiger charge is -2.35. The van der Waals surface area contributed by atoms with E-state index in [1.807, 2.05) is 22.4 Å². The van der Waals surface area contributed by atoms with E-state index in [0.29, 0.717) is 62.5 Å². The summed E-state index contributed by atoms with van der Waals surface area (Å²) >= 11 is 1.56. The molecule has 1 unspecified atom stereocenters. The smallest absolute Gasteiger partial charge is 0.245 e. The van der Waals surface area contributed by atoms with E-state index < -0.39 is 0 Å². The Hall–Kier alpha value is -3.07. The van der Waals surface area contributed by atoms with Crippen molar-refractivity contribution < 1.29 is 23.9 Å². The zero-order chi connectivity index (χ0) is 22.8. The van der Waals surface area contributed by atoms with E-state index in [0.717, 1.165) is 11.3 Å². The molecular weight excluding hydrogens is 442 g/mol. The summed E-state index contributed by atoms with van der Waals surface area (Å²) < 4.78 is 10.7. The summed E-state index contributed by atoms with van der Waals surface area (Å²) in [4.78, 5) is 43.3. The molecule has 0 bridgehead atoms. The molecule has 2 saturated heterocycles. The number of amides is 3. The molecule has 0 saturated carbocycles. The number of nitrogens with zero attached hydrogens (tertiary/aromatic N) is 2. The van der Waals surface area contributed by atoms with Crippen LogP contribution in [-0.2, 0) is 20.8 Å². The van der Waals surface area contributed by atoms with Gasteiger partial charge in [-0.05, 0) is 49.3 Å². The summed E-state index contributed by atoms with van der Waals surface area (Å²) in [5, 5.41) is 4.91. The molecule has 0 spiro atoms. The number of rotatable bonds is 5. The molecule has 2 fully saturated rings. The van der Waals surface area contributed by atoms with Crippen LogP contribution < -0.4 is 14.8 Å². The summed E-state index contributed by atoms with van der Waals surface area (Å²) in [6.07, 6.45) is 3.13. The maximum absolute atomic E-state index is 13.2. The number of likely N-dealkylation sites (tertiary alicyclic amines) is 2. The van der Waals surface area contributed by atoms with Crippen molar-refractivity contribution in [2.24, 2.45) is 5.92 Å². The molecule has 1 N–H and O–H groups in total. The average molecular weight is 470 g/mol. The van der Waals surface area contributed by atoms with Gasteiger partial charge in [-0.3, -0.25) is 14.4 Å². The van der Waals surface area contributed by atoms with Gasteiger partial charge in [0.05, 0.1) is 6.42 Å². The fourth-order valence-electron chi connectivity index (χ4n) is 4.78. The van der Waals surface area contributed by atoms with Crippen LogP contribution in [0.5, 0.6) is 11.5 Å². The zero-order valence-corrected chi connectivity index (χ0v) is 19.1. The Kier molecular flexibility index (Phi) is 6.22. The molecule has 9 heteroatoms. The molecule has 174 valence electrons. The highest BCUT2D eigenvalue weighted by molar-refractivity contribution is 7.10. The van der Waals surface area contributed by atoms with Crippen LogP contribution in [-0.4, -0.2) is 60.0 Å². The molecule has 2 aromatic rings. The SMILES string of the molecule is O=C(Nc1ccc2c(c1)OCO2)C1CCN(C(=O)C2CCCN2C(=O)Cc2cccs2)CC1. The number of anilines is 1. The molecule has 1 aromatic carbocycles. The van der Waals surface area contributed by atoms with Gasteiger partial charge in [-0.25, -0.2) is 0 Å².